The number of hydrogen-bond acceptors (Lipinski definition) is 5. The van der Waals surface area contributed by atoms with Crippen molar-refractivity contribution in [2.75, 3.05) is 18.1 Å². The molecule has 0 aliphatic carbocycles. The highest BCUT2D eigenvalue weighted by Crippen LogP contribution is 2.33. The average Bonchev–Trinajstić information content (AvgIpc) is 3.04. The smallest absolute Gasteiger partial charge is 0.350 e. The Balaban J connectivity index is 2.08. The first-order valence-electron chi connectivity index (χ1n) is 7.24. The lowest BCUT2D eigenvalue weighted by Gasteiger charge is -2.07. The Morgan fingerprint density at radius 1 is 1.32 bits per heavy atom. The summed E-state index contributed by atoms with van der Waals surface area (Å²) < 4.78 is 61.0. The first-order valence-corrected chi connectivity index (χ1v) is 9.94. The maximum Gasteiger partial charge on any atom is 0.416 e. The standard InChI is InChI=1S/C15H15F3N2O3S2/c1-2-25(22,23)7-6-19-13(21)12-9-24-14(20-12)10-4-3-5-11(8-10)15(16,17)18/h3-5,8-9H,2,6-7H2,1H3,(H,19,21). The van der Waals surface area contributed by atoms with Gasteiger partial charge in [-0.2, -0.15) is 13.2 Å². The highest BCUT2D eigenvalue weighted by Gasteiger charge is 2.30. The average molecular weight is 392 g/mol. The van der Waals surface area contributed by atoms with E-state index in [2.05, 4.69) is 10.3 Å². The number of amides is 1. The summed E-state index contributed by atoms with van der Waals surface area (Å²) in [5.74, 6) is -0.764. The monoisotopic (exact) mass is 392 g/mol. The van der Waals surface area contributed by atoms with Crippen LogP contribution in [-0.4, -0.2) is 37.4 Å². The molecule has 0 aliphatic rings. The van der Waals surface area contributed by atoms with Gasteiger partial charge in [0.1, 0.15) is 10.7 Å². The largest absolute Gasteiger partial charge is 0.416 e. The van der Waals surface area contributed by atoms with E-state index in [0.29, 0.717) is 0 Å². The van der Waals surface area contributed by atoms with Crippen LogP contribution in [0.25, 0.3) is 10.6 Å². The van der Waals surface area contributed by atoms with Crippen molar-refractivity contribution >= 4 is 27.1 Å². The molecule has 25 heavy (non-hydrogen) atoms. The molecule has 1 aromatic heterocycles. The molecule has 0 fully saturated rings. The number of carbonyl (C=O) groups is 1. The Morgan fingerprint density at radius 2 is 2.04 bits per heavy atom. The minimum Gasteiger partial charge on any atom is -0.350 e. The number of thiazole rings is 1. The Hall–Kier alpha value is -1.94. The number of carbonyl (C=O) groups excluding carboxylic acids is 1. The highest BCUT2D eigenvalue weighted by atomic mass is 32.2. The van der Waals surface area contributed by atoms with Gasteiger partial charge >= 0.3 is 6.18 Å². The van der Waals surface area contributed by atoms with Gasteiger partial charge in [-0.05, 0) is 12.1 Å². The Bertz CT molecular complexity index is 861. The van der Waals surface area contributed by atoms with Gasteiger partial charge in [-0.25, -0.2) is 13.4 Å². The number of rotatable bonds is 6. The number of alkyl halides is 3. The fourth-order valence-corrected chi connectivity index (χ4v) is 3.39. The van der Waals surface area contributed by atoms with Crippen molar-refractivity contribution in [1.82, 2.24) is 10.3 Å². The van der Waals surface area contributed by atoms with Gasteiger partial charge in [-0.15, -0.1) is 11.3 Å². The molecule has 0 unspecified atom stereocenters. The maximum atomic E-state index is 12.8. The zero-order valence-corrected chi connectivity index (χ0v) is 14.8. The van der Waals surface area contributed by atoms with E-state index >= 15 is 0 Å². The molecule has 1 amide bonds. The molecular weight excluding hydrogens is 377 g/mol. The molecule has 1 heterocycles. The second kappa shape index (κ2) is 7.52. The fraction of sp³-hybridized carbons (Fsp3) is 0.333. The Kier molecular flexibility index (Phi) is 5.83. The Labute approximate surface area is 146 Å². The number of hydrogen-bond donors (Lipinski definition) is 1. The van der Waals surface area contributed by atoms with Gasteiger partial charge in [0.25, 0.3) is 5.91 Å². The summed E-state index contributed by atoms with van der Waals surface area (Å²) in [6.45, 7) is 1.46. The molecule has 1 aromatic carbocycles. The van der Waals surface area contributed by atoms with Gasteiger partial charge in [0.05, 0.1) is 11.3 Å². The minimum atomic E-state index is -4.46. The summed E-state index contributed by atoms with van der Waals surface area (Å²) in [5.41, 5.74) is -0.505. The zero-order chi connectivity index (χ0) is 18.7. The van der Waals surface area contributed by atoms with Gasteiger partial charge in [-0.1, -0.05) is 19.1 Å². The van der Waals surface area contributed by atoms with E-state index < -0.39 is 27.5 Å². The van der Waals surface area contributed by atoms with Crippen LogP contribution in [-0.2, 0) is 16.0 Å². The van der Waals surface area contributed by atoms with Crippen LogP contribution in [0.15, 0.2) is 29.6 Å². The molecule has 0 atom stereocenters. The lowest BCUT2D eigenvalue weighted by Crippen LogP contribution is -2.29. The van der Waals surface area contributed by atoms with Crippen molar-refractivity contribution in [2.24, 2.45) is 0 Å². The molecule has 0 saturated carbocycles. The second-order valence-electron chi connectivity index (χ2n) is 5.11. The first kappa shape index (κ1) is 19.4. The highest BCUT2D eigenvalue weighted by molar-refractivity contribution is 7.91. The number of nitrogens with one attached hydrogen (secondary N) is 1. The SMILES string of the molecule is CCS(=O)(=O)CCNC(=O)c1csc(-c2cccc(C(F)(F)F)c2)n1. The maximum absolute atomic E-state index is 12.8. The van der Waals surface area contributed by atoms with Crippen molar-refractivity contribution < 1.29 is 26.4 Å². The predicted octanol–water partition coefficient (Wildman–Crippen LogP) is 2.99. The molecule has 10 heteroatoms. The van der Waals surface area contributed by atoms with Crippen molar-refractivity contribution in [1.29, 1.82) is 0 Å². The van der Waals surface area contributed by atoms with E-state index in [-0.39, 0.29) is 34.3 Å². The molecule has 0 aliphatic heterocycles. The third-order valence-electron chi connectivity index (χ3n) is 3.31. The quantitative estimate of drug-likeness (QED) is 0.820. The van der Waals surface area contributed by atoms with Crippen molar-refractivity contribution in [2.45, 2.75) is 13.1 Å². The third kappa shape index (κ3) is 5.27. The molecular formula is C15H15F3N2O3S2. The van der Waals surface area contributed by atoms with E-state index in [4.69, 9.17) is 0 Å². The Morgan fingerprint density at radius 3 is 2.68 bits per heavy atom. The van der Waals surface area contributed by atoms with Crippen LogP contribution in [0.1, 0.15) is 23.0 Å². The summed E-state index contributed by atoms with van der Waals surface area (Å²) in [4.78, 5) is 16.0. The molecule has 0 radical (unpaired) electrons. The molecule has 136 valence electrons. The van der Waals surface area contributed by atoms with E-state index in [0.717, 1.165) is 23.5 Å². The summed E-state index contributed by atoms with van der Waals surface area (Å²) >= 11 is 1.04. The second-order valence-corrected chi connectivity index (χ2v) is 8.44. The van der Waals surface area contributed by atoms with Crippen molar-refractivity contribution in [3.8, 4) is 10.6 Å². The molecule has 0 spiro atoms. The summed E-state index contributed by atoms with van der Waals surface area (Å²) in [6.07, 6.45) is -4.46. The number of sulfone groups is 1. The molecule has 2 aromatic rings. The molecule has 0 bridgehead atoms. The van der Waals surface area contributed by atoms with Gasteiger partial charge in [0.2, 0.25) is 0 Å². The lowest BCUT2D eigenvalue weighted by atomic mass is 10.1. The van der Waals surface area contributed by atoms with Crippen LogP contribution in [0, 0.1) is 0 Å². The van der Waals surface area contributed by atoms with Gasteiger partial charge in [-0.3, -0.25) is 4.79 Å². The van der Waals surface area contributed by atoms with Crippen molar-refractivity contribution in [3.05, 3.63) is 40.9 Å². The summed E-state index contributed by atoms with van der Waals surface area (Å²) in [5, 5.41) is 4.13. The van der Waals surface area contributed by atoms with Crippen LogP contribution in [0.5, 0.6) is 0 Å². The fourth-order valence-electron chi connectivity index (χ4n) is 1.89. The number of aromatic nitrogens is 1. The van der Waals surface area contributed by atoms with Crippen LogP contribution in [0.3, 0.4) is 0 Å². The lowest BCUT2D eigenvalue weighted by molar-refractivity contribution is -0.137. The third-order valence-corrected chi connectivity index (χ3v) is 5.91. The molecule has 1 N–H and O–H groups in total. The summed E-state index contributed by atoms with van der Waals surface area (Å²) in [7, 11) is -3.19. The van der Waals surface area contributed by atoms with Crippen molar-refractivity contribution in [3.63, 3.8) is 0 Å². The van der Waals surface area contributed by atoms with Gasteiger partial charge in [0, 0.05) is 23.2 Å². The van der Waals surface area contributed by atoms with Crippen LogP contribution >= 0.6 is 11.3 Å². The molecule has 2 rings (SSSR count). The zero-order valence-electron chi connectivity index (χ0n) is 13.1. The molecule has 0 saturated heterocycles. The van der Waals surface area contributed by atoms with Crippen LogP contribution in [0.4, 0.5) is 13.2 Å². The van der Waals surface area contributed by atoms with Gasteiger partial charge < -0.3 is 5.32 Å². The molecule has 5 nitrogen and oxygen atoms in total. The number of benzene rings is 1. The van der Waals surface area contributed by atoms with E-state index in [9.17, 15) is 26.4 Å². The number of halogens is 3. The van der Waals surface area contributed by atoms with Gasteiger partial charge in [0.15, 0.2) is 9.84 Å². The summed E-state index contributed by atoms with van der Waals surface area (Å²) in [6, 6.07) is 4.67. The predicted molar refractivity (Wildman–Crippen MR) is 89.2 cm³/mol. The van der Waals surface area contributed by atoms with Crippen LogP contribution in [0.2, 0.25) is 0 Å². The van der Waals surface area contributed by atoms with Crippen LogP contribution < -0.4 is 5.32 Å². The normalized spacial score (nSPS) is 12.2. The van der Waals surface area contributed by atoms with E-state index in [1.807, 2.05) is 0 Å². The first-order chi connectivity index (χ1) is 11.6. The topological polar surface area (TPSA) is 76.1 Å². The van der Waals surface area contributed by atoms with E-state index in [1.54, 1.807) is 0 Å². The number of nitrogens with zero attached hydrogens (tertiary/aromatic N) is 1. The van der Waals surface area contributed by atoms with E-state index in [1.165, 1.54) is 24.4 Å². The minimum absolute atomic E-state index is 0.0146.